The van der Waals surface area contributed by atoms with Crippen molar-refractivity contribution in [3.63, 3.8) is 0 Å². The second-order valence-corrected chi connectivity index (χ2v) is 8.60. The summed E-state index contributed by atoms with van der Waals surface area (Å²) in [7, 11) is -1.62. The Balaban J connectivity index is 0.00000784. The molecule has 7 nitrogen and oxygen atoms in total. The minimum atomic E-state index is -3.41. The number of aliphatic imine (C=N–C) groups is 1. The molecule has 1 aromatic rings. The maximum Gasteiger partial charge on any atom is 0.242 e. The SMILES string of the molecule is CCN=C(NC(CC)CS(=O)(=O)c1ccccc1)N(C)CC(=O)N(CC)CC.I. The van der Waals surface area contributed by atoms with Crippen LogP contribution in [0.1, 0.15) is 34.1 Å². The summed E-state index contributed by atoms with van der Waals surface area (Å²) in [4.78, 5) is 20.7. The smallest absolute Gasteiger partial charge is 0.242 e. The van der Waals surface area contributed by atoms with Crippen molar-refractivity contribution in [3.05, 3.63) is 30.3 Å². The zero-order chi connectivity index (χ0) is 21.2. The van der Waals surface area contributed by atoms with Crippen LogP contribution in [0.4, 0.5) is 0 Å². The van der Waals surface area contributed by atoms with E-state index in [0.29, 0.717) is 36.9 Å². The highest BCUT2D eigenvalue weighted by molar-refractivity contribution is 14.0. The number of likely N-dealkylation sites (N-methyl/N-ethyl adjacent to an activating group) is 2. The topological polar surface area (TPSA) is 82.1 Å². The van der Waals surface area contributed by atoms with Gasteiger partial charge < -0.3 is 15.1 Å². The maximum atomic E-state index is 12.7. The molecule has 0 fully saturated rings. The molecule has 29 heavy (non-hydrogen) atoms. The Morgan fingerprint density at radius 1 is 1.10 bits per heavy atom. The summed E-state index contributed by atoms with van der Waals surface area (Å²) in [6.07, 6.45) is 0.618. The molecule has 0 saturated carbocycles. The van der Waals surface area contributed by atoms with Gasteiger partial charge in [-0.05, 0) is 39.3 Å². The van der Waals surface area contributed by atoms with Crippen molar-refractivity contribution in [2.45, 2.75) is 45.1 Å². The summed E-state index contributed by atoms with van der Waals surface area (Å²) in [5.74, 6) is 0.523. The predicted molar refractivity (Wildman–Crippen MR) is 130 cm³/mol. The van der Waals surface area contributed by atoms with Gasteiger partial charge in [0, 0.05) is 32.7 Å². The Morgan fingerprint density at radius 2 is 1.69 bits per heavy atom. The normalized spacial score (nSPS) is 12.7. The Labute approximate surface area is 192 Å². The molecule has 0 bridgehead atoms. The molecule has 1 unspecified atom stereocenters. The van der Waals surface area contributed by atoms with E-state index < -0.39 is 9.84 Å². The first-order chi connectivity index (χ1) is 13.3. The van der Waals surface area contributed by atoms with Gasteiger partial charge >= 0.3 is 0 Å². The molecule has 0 aliphatic carbocycles. The van der Waals surface area contributed by atoms with Gasteiger partial charge in [-0.1, -0.05) is 25.1 Å². The third-order valence-electron chi connectivity index (χ3n) is 4.51. The van der Waals surface area contributed by atoms with E-state index >= 15 is 0 Å². The van der Waals surface area contributed by atoms with Crippen LogP contribution in [0.15, 0.2) is 40.2 Å². The zero-order valence-electron chi connectivity index (χ0n) is 18.1. The molecule has 1 amide bonds. The molecule has 1 aromatic carbocycles. The summed E-state index contributed by atoms with van der Waals surface area (Å²) >= 11 is 0. The van der Waals surface area contributed by atoms with Crippen LogP contribution < -0.4 is 5.32 Å². The van der Waals surface area contributed by atoms with E-state index in [1.807, 2.05) is 27.7 Å². The Morgan fingerprint density at radius 3 is 2.17 bits per heavy atom. The van der Waals surface area contributed by atoms with E-state index in [2.05, 4.69) is 10.3 Å². The van der Waals surface area contributed by atoms with E-state index in [4.69, 9.17) is 0 Å². The highest BCUT2D eigenvalue weighted by Crippen LogP contribution is 2.12. The fourth-order valence-electron chi connectivity index (χ4n) is 2.81. The van der Waals surface area contributed by atoms with Crippen LogP contribution in [-0.4, -0.2) is 75.1 Å². The largest absolute Gasteiger partial charge is 0.352 e. The van der Waals surface area contributed by atoms with Crippen molar-refractivity contribution in [2.75, 3.05) is 39.0 Å². The van der Waals surface area contributed by atoms with Crippen LogP contribution in [0.2, 0.25) is 0 Å². The lowest BCUT2D eigenvalue weighted by Crippen LogP contribution is -2.50. The maximum absolute atomic E-state index is 12.7. The van der Waals surface area contributed by atoms with Crippen LogP contribution in [0.25, 0.3) is 0 Å². The van der Waals surface area contributed by atoms with Gasteiger partial charge in [-0.15, -0.1) is 24.0 Å². The first kappa shape index (κ1) is 27.6. The van der Waals surface area contributed by atoms with Crippen LogP contribution >= 0.6 is 24.0 Å². The average molecular weight is 538 g/mol. The molecule has 9 heteroatoms. The van der Waals surface area contributed by atoms with Gasteiger partial charge in [-0.2, -0.15) is 0 Å². The predicted octanol–water partition coefficient (Wildman–Crippen LogP) is 2.62. The van der Waals surface area contributed by atoms with Gasteiger partial charge in [-0.25, -0.2) is 8.42 Å². The van der Waals surface area contributed by atoms with Crippen molar-refractivity contribution in [3.8, 4) is 0 Å². The number of carbonyl (C=O) groups excluding carboxylic acids is 1. The van der Waals surface area contributed by atoms with Crippen LogP contribution in [-0.2, 0) is 14.6 Å². The van der Waals surface area contributed by atoms with Gasteiger partial charge in [0.2, 0.25) is 5.91 Å². The fourth-order valence-corrected chi connectivity index (χ4v) is 4.43. The number of nitrogens with zero attached hydrogens (tertiary/aromatic N) is 3. The molecule has 0 saturated heterocycles. The van der Waals surface area contributed by atoms with Crippen molar-refractivity contribution < 1.29 is 13.2 Å². The molecule has 0 spiro atoms. The third kappa shape index (κ3) is 8.90. The molecule has 0 aliphatic heterocycles. The summed E-state index contributed by atoms with van der Waals surface area (Å²) in [5.41, 5.74) is 0. The third-order valence-corrected chi connectivity index (χ3v) is 6.34. The number of carbonyl (C=O) groups is 1. The number of halogens is 1. The average Bonchev–Trinajstić information content (AvgIpc) is 2.68. The van der Waals surface area contributed by atoms with Gasteiger partial charge in [0.15, 0.2) is 15.8 Å². The van der Waals surface area contributed by atoms with E-state index in [1.54, 1.807) is 47.2 Å². The number of benzene rings is 1. The Bertz CT molecular complexity index is 737. The first-order valence-electron chi connectivity index (χ1n) is 9.86. The molecule has 0 aromatic heterocycles. The summed E-state index contributed by atoms with van der Waals surface area (Å²) in [5, 5.41) is 3.24. The summed E-state index contributed by atoms with van der Waals surface area (Å²) in [6.45, 7) is 9.77. The number of amides is 1. The van der Waals surface area contributed by atoms with Crippen molar-refractivity contribution in [1.29, 1.82) is 0 Å². The molecular weight excluding hydrogens is 503 g/mol. The monoisotopic (exact) mass is 538 g/mol. The van der Waals surface area contributed by atoms with E-state index in [-0.39, 0.29) is 48.2 Å². The van der Waals surface area contributed by atoms with Gasteiger partial charge in [0.05, 0.1) is 17.2 Å². The fraction of sp³-hybridized carbons (Fsp3) is 0.600. The minimum absolute atomic E-state index is 0. The molecule has 1 atom stereocenters. The lowest BCUT2D eigenvalue weighted by atomic mass is 10.2. The van der Waals surface area contributed by atoms with Crippen molar-refractivity contribution >= 4 is 45.7 Å². The van der Waals surface area contributed by atoms with Crippen LogP contribution in [0.3, 0.4) is 0 Å². The number of hydrogen-bond donors (Lipinski definition) is 1. The number of hydrogen-bond acceptors (Lipinski definition) is 4. The van der Waals surface area contributed by atoms with Gasteiger partial charge in [0.25, 0.3) is 0 Å². The molecule has 0 heterocycles. The second-order valence-electron chi connectivity index (χ2n) is 6.56. The minimum Gasteiger partial charge on any atom is -0.352 e. The summed E-state index contributed by atoms with van der Waals surface area (Å²) in [6, 6.07) is 8.15. The Kier molecular flexibility index (Phi) is 13.1. The lowest BCUT2D eigenvalue weighted by Gasteiger charge is -2.28. The van der Waals surface area contributed by atoms with E-state index in [1.165, 1.54) is 0 Å². The number of guanidine groups is 1. The summed E-state index contributed by atoms with van der Waals surface area (Å²) < 4.78 is 25.4. The highest BCUT2D eigenvalue weighted by atomic mass is 127. The molecule has 0 aliphatic rings. The second kappa shape index (κ2) is 13.8. The highest BCUT2D eigenvalue weighted by Gasteiger charge is 2.23. The standard InChI is InChI=1S/C20H34N4O3S.HI/c1-6-17(16-28(26,27)18-13-11-10-12-14-18)22-20(21-7-2)23(5)15-19(25)24(8-3)9-4;/h10-14,17H,6-9,15-16H2,1-5H3,(H,21,22);1H. The van der Waals surface area contributed by atoms with Crippen molar-refractivity contribution in [1.82, 2.24) is 15.1 Å². The van der Waals surface area contributed by atoms with Gasteiger partial charge in [-0.3, -0.25) is 9.79 Å². The van der Waals surface area contributed by atoms with Gasteiger partial charge in [0.1, 0.15) is 0 Å². The first-order valence-corrected chi connectivity index (χ1v) is 11.5. The Hall–Kier alpha value is -1.36. The van der Waals surface area contributed by atoms with E-state index in [9.17, 15) is 13.2 Å². The van der Waals surface area contributed by atoms with Crippen molar-refractivity contribution in [2.24, 2.45) is 4.99 Å². The number of nitrogens with one attached hydrogen (secondary N) is 1. The molecule has 1 rings (SSSR count). The lowest BCUT2D eigenvalue weighted by molar-refractivity contribution is -0.131. The van der Waals surface area contributed by atoms with E-state index in [0.717, 1.165) is 0 Å². The van der Waals surface area contributed by atoms with Crippen LogP contribution in [0.5, 0.6) is 0 Å². The molecular formula is C20H35IN4O3S. The molecule has 0 radical (unpaired) electrons. The molecule has 1 N–H and O–H groups in total. The quantitative estimate of drug-likeness (QED) is 0.282. The number of rotatable bonds is 10. The number of sulfone groups is 1. The van der Waals surface area contributed by atoms with Crippen LogP contribution in [0, 0.1) is 0 Å². The molecule has 166 valence electrons. The zero-order valence-corrected chi connectivity index (χ0v) is 21.2.